The van der Waals surface area contributed by atoms with Crippen LogP contribution in [0.4, 0.5) is 0 Å². The molecule has 1 aromatic heterocycles. The highest BCUT2D eigenvalue weighted by Crippen LogP contribution is 2.27. The van der Waals surface area contributed by atoms with E-state index in [1.807, 2.05) is 0 Å². The molecule has 4 heteroatoms. The smallest absolute Gasteiger partial charge is 0.127 e. The van der Waals surface area contributed by atoms with E-state index in [-0.39, 0.29) is 6.04 Å². The molecule has 1 unspecified atom stereocenters. The summed E-state index contributed by atoms with van der Waals surface area (Å²) in [5, 5.41) is 0. The molecule has 0 N–H and O–H groups in total. The van der Waals surface area contributed by atoms with Crippen molar-refractivity contribution in [3.63, 3.8) is 0 Å². The number of nitrogens with zero attached hydrogens (tertiary/aromatic N) is 3. The monoisotopic (exact) mass is 349 g/mol. The van der Waals surface area contributed by atoms with Crippen molar-refractivity contribution in [2.45, 2.75) is 33.4 Å². The van der Waals surface area contributed by atoms with Crippen molar-refractivity contribution in [1.82, 2.24) is 14.5 Å². The Morgan fingerprint density at radius 3 is 2.65 bits per heavy atom. The molecule has 1 atom stereocenters. The molecule has 1 saturated heterocycles. The van der Waals surface area contributed by atoms with E-state index in [1.54, 1.807) is 0 Å². The normalized spacial score (nSPS) is 16.9. The third kappa shape index (κ3) is 3.27. The van der Waals surface area contributed by atoms with Crippen molar-refractivity contribution in [3.05, 3.63) is 65.0 Å². The van der Waals surface area contributed by atoms with Gasteiger partial charge in [-0.2, -0.15) is 0 Å². The summed E-state index contributed by atoms with van der Waals surface area (Å²) in [5.41, 5.74) is 6.29. The minimum absolute atomic E-state index is 0.274. The van der Waals surface area contributed by atoms with Crippen molar-refractivity contribution in [2.24, 2.45) is 0 Å². The van der Waals surface area contributed by atoms with Gasteiger partial charge in [-0.3, -0.25) is 4.90 Å². The van der Waals surface area contributed by atoms with E-state index in [0.717, 1.165) is 44.2 Å². The van der Waals surface area contributed by atoms with Gasteiger partial charge in [0.05, 0.1) is 30.3 Å². The average Bonchev–Trinajstić information content (AvgIpc) is 3.03. The average molecular weight is 349 g/mol. The first-order valence-corrected chi connectivity index (χ1v) is 9.46. The highest BCUT2D eigenvalue weighted by Gasteiger charge is 2.24. The van der Waals surface area contributed by atoms with Gasteiger partial charge in [-0.05, 0) is 44.0 Å². The summed E-state index contributed by atoms with van der Waals surface area (Å²) in [6, 6.07) is 15.4. The predicted molar refractivity (Wildman–Crippen MR) is 106 cm³/mol. The number of ether oxygens (including phenoxy) is 1. The van der Waals surface area contributed by atoms with E-state index in [1.165, 1.54) is 22.2 Å². The largest absolute Gasteiger partial charge is 0.379 e. The summed E-state index contributed by atoms with van der Waals surface area (Å²) in [7, 11) is 0. The van der Waals surface area contributed by atoms with Crippen molar-refractivity contribution in [3.8, 4) is 0 Å². The van der Waals surface area contributed by atoms with Gasteiger partial charge in [0, 0.05) is 19.6 Å². The molecule has 3 aromatic rings. The maximum absolute atomic E-state index is 5.53. The Morgan fingerprint density at radius 2 is 1.85 bits per heavy atom. The molecule has 2 heterocycles. The number of benzene rings is 2. The Morgan fingerprint density at radius 1 is 1.08 bits per heavy atom. The fourth-order valence-electron chi connectivity index (χ4n) is 3.85. The van der Waals surface area contributed by atoms with Crippen LogP contribution in [0, 0.1) is 13.8 Å². The Balaban J connectivity index is 1.77. The summed E-state index contributed by atoms with van der Waals surface area (Å²) in [4.78, 5) is 7.49. The van der Waals surface area contributed by atoms with Gasteiger partial charge >= 0.3 is 0 Å². The molecule has 0 amide bonds. The molecule has 4 rings (SSSR count). The number of aryl methyl sites for hydroxylation is 2. The number of rotatable bonds is 4. The first-order valence-electron chi connectivity index (χ1n) is 9.46. The quantitative estimate of drug-likeness (QED) is 0.710. The molecule has 1 aliphatic heterocycles. The van der Waals surface area contributed by atoms with E-state index < -0.39 is 0 Å². The summed E-state index contributed by atoms with van der Waals surface area (Å²) < 4.78 is 7.93. The minimum atomic E-state index is 0.274. The van der Waals surface area contributed by atoms with Gasteiger partial charge < -0.3 is 9.30 Å². The van der Waals surface area contributed by atoms with Crippen molar-refractivity contribution >= 4 is 11.0 Å². The van der Waals surface area contributed by atoms with Gasteiger partial charge in [-0.15, -0.1) is 0 Å². The molecule has 0 bridgehead atoms. The van der Waals surface area contributed by atoms with E-state index in [4.69, 9.17) is 9.72 Å². The van der Waals surface area contributed by atoms with Gasteiger partial charge in [0.1, 0.15) is 5.82 Å². The van der Waals surface area contributed by atoms with E-state index in [9.17, 15) is 0 Å². The molecule has 0 aliphatic carbocycles. The summed E-state index contributed by atoms with van der Waals surface area (Å²) >= 11 is 0. The molecule has 2 aromatic carbocycles. The maximum atomic E-state index is 5.53. The SMILES string of the molecule is Cc1ccc(C)c(Cn2c(C(C)N3CCOCC3)nc3ccccc32)c1. The Labute approximate surface area is 155 Å². The lowest BCUT2D eigenvalue weighted by atomic mass is 10.1. The molecule has 0 radical (unpaired) electrons. The topological polar surface area (TPSA) is 30.3 Å². The van der Waals surface area contributed by atoms with Crippen LogP contribution in [0.25, 0.3) is 11.0 Å². The van der Waals surface area contributed by atoms with Crippen LogP contribution in [0.15, 0.2) is 42.5 Å². The van der Waals surface area contributed by atoms with Gasteiger partial charge in [0.25, 0.3) is 0 Å². The number of imidazole rings is 1. The summed E-state index contributed by atoms with van der Waals surface area (Å²) in [5.74, 6) is 1.15. The van der Waals surface area contributed by atoms with Crippen LogP contribution in [0.2, 0.25) is 0 Å². The second-order valence-electron chi connectivity index (χ2n) is 7.30. The number of hydrogen-bond donors (Lipinski definition) is 0. The van der Waals surface area contributed by atoms with Gasteiger partial charge in [0.2, 0.25) is 0 Å². The molecule has 0 saturated carbocycles. The van der Waals surface area contributed by atoms with Crippen LogP contribution >= 0.6 is 0 Å². The van der Waals surface area contributed by atoms with Gasteiger partial charge in [-0.1, -0.05) is 35.9 Å². The highest BCUT2D eigenvalue weighted by atomic mass is 16.5. The Hall–Kier alpha value is -2.17. The fourth-order valence-corrected chi connectivity index (χ4v) is 3.85. The van der Waals surface area contributed by atoms with Crippen molar-refractivity contribution in [2.75, 3.05) is 26.3 Å². The molecule has 26 heavy (non-hydrogen) atoms. The standard InChI is InChI=1S/C22H27N3O/c1-16-8-9-17(2)19(14-16)15-25-21-7-5-4-6-20(21)23-22(25)18(3)24-10-12-26-13-11-24/h4-9,14,18H,10-13,15H2,1-3H3. The van der Waals surface area contributed by atoms with Crippen molar-refractivity contribution < 1.29 is 4.74 Å². The lowest BCUT2D eigenvalue weighted by Crippen LogP contribution is -2.39. The molecule has 0 spiro atoms. The lowest BCUT2D eigenvalue weighted by molar-refractivity contribution is 0.0177. The molecule has 136 valence electrons. The Bertz CT molecular complexity index is 909. The zero-order valence-corrected chi connectivity index (χ0v) is 15.9. The Kier molecular flexibility index (Phi) is 4.79. The second-order valence-corrected chi connectivity index (χ2v) is 7.30. The molecule has 4 nitrogen and oxygen atoms in total. The summed E-state index contributed by atoms with van der Waals surface area (Å²) in [6.45, 7) is 11.0. The molecular weight excluding hydrogens is 322 g/mol. The van der Waals surface area contributed by atoms with E-state index in [0.29, 0.717) is 0 Å². The van der Waals surface area contributed by atoms with Crippen LogP contribution in [-0.2, 0) is 11.3 Å². The van der Waals surface area contributed by atoms with Crippen LogP contribution in [-0.4, -0.2) is 40.8 Å². The third-order valence-electron chi connectivity index (χ3n) is 5.48. The van der Waals surface area contributed by atoms with Gasteiger partial charge in [-0.25, -0.2) is 4.98 Å². The maximum Gasteiger partial charge on any atom is 0.127 e. The highest BCUT2D eigenvalue weighted by molar-refractivity contribution is 5.76. The lowest BCUT2D eigenvalue weighted by Gasteiger charge is -2.32. The number of hydrogen-bond acceptors (Lipinski definition) is 3. The van der Waals surface area contributed by atoms with Crippen LogP contribution in [0.3, 0.4) is 0 Å². The second kappa shape index (κ2) is 7.22. The third-order valence-corrected chi connectivity index (χ3v) is 5.48. The predicted octanol–water partition coefficient (Wildman–Crippen LogP) is 4.09. The van der Waals surface area contributed by atoms with Crippen LogP contribution in [0.5, 0.6) is 0 Å². The zero-order chi connectivity index (χ0) is 18.1. The number of para-hydroxylation sites is 2. The fraction of sp³-hybridized carbons (Fsp3) is 0.409. The summed E-state index contributed by atoms with van der Waals surface area (Å²) in [6.07, 6.45) is 0. The van der Waals surface area contributed by atoms with Crippen LogP contribution < -0.4 is 0 Å². The zero-order valence-electron chi connectivity index (χ0n) is 15.9. The molecular formula is C22H27N3O. The van der Waals surface area contributed by atoms with E-state index in [2.05, 4.69) is 72.7 Å². The van der Waals surface area contributed by atoms with Crippen molar-refractivity contribution in [1.29, 1.82) is 0 Å². The van der Waals surface area contributed by atoms with Crippen LogP contribution in [0.1, 0.15) is 35.5 Å². The number of fused-ring (bicyclic) bond motifs is 1. The minimum Gasteiger partial charge on any atom is -0.379 e. The first kappa shape index (κ1) is 17.3. The van der Waals surface area contributed by atoms with E-state index >= 15 is 0 Å². The number of morpholine rings is 1. The molecule has 1 aliphatic rings. The van der Waals surface area contributed by atoms with Gasteiger partial charge in [0.15, 0.2) is 0 Å². The number of aromatic nitrogens is 2. The molecule has 1 fully saturated rings. The first-order chi connectivity index (χ1) is 12.6.